The molecule has 4 aromatic carbocycles. The Kier molecular flexibility index (Phi) is 6.33. The standard InChI is InChI=1S/C27H16F3NO3/c1-34-22-10-7-18(8-11-22)23-12-3-17(14-27(23)31(32)33)2-4-19-5-6-20(15-25(19)29)21-9-13-24(28)26(30)16-21/h3,5-16H,1H3. The fraction of sp³-hybridized carbons (Fsp3) is 0.0370. The lowest BCUT2D eigenvalue weighted by atomic mass is 10.0. The second kappa shape index (κ2) is 9.51. The van der Waals surface area contributed by atoms with Crippen LogP contribution in [0.3, 0.4) is 0 Å². The third-order valence-corrected chi connectivity index (χ3v) is 5.16. The molecule has 0 aliphatic rings. The minimum Gasteiger partial charge on any atom is -0.497 e. The van der Waals surface area contributed by atoms with Crippen LogP contribution in [-0.2, 0) is 0 Å². The van der Waals surface area contributed by atoms with E-state index in [4.69, 9.17) is 4.74 Å². The van der Waals surface area contributed by atoms with Gasteiger partial charge in [-0.1, -0.05) is 36.1 Å². The smallest absolute Gasteiger partial charge is 0.278 e. The first-order valence-corrected chi connectivity index (χ1v) is 10.1. The molecular weight excluding hydrogens is 443 g/mol. The summed E-state index contributed by atoms with van der Waals surface area (Å²) in [5.74, 6) is 3.38. The van der Waals surface area contributed by atoms with Gasteiger partial charge in [0.1, 0.15) is 11.6 Å². The number of nitro benzene ring substituents is 1. The molecule has 4 aromatic rings. The number of hydrogen-bond acceptors (Lipinski definition) is 3. The van der Waals surface area contributed by atoms with Crippen molar-refractivity contribution < 1.29 is 22.8 Å². The highest BCUT2D eigenvalue weighted by molar-refractivity contribution is 5.75. The Morgan fingerprint density at radius 3 is 2.00 bits per heavy atom. The molecule has 0 saturated heterocycles. The molecule has 168 valence electrons. The van der Waals surface area contributed by atoms with Gasteiger partial charge in [0.2, 0.25) is 0 Å². The summed E-state index contributed by atoms with van der Waals surface area (Å²) in [5, 5.41) is 11.6. The molecule has 7 heteroatoms. The van der Waals surface area contributed by atoms with Crippen molar-refractivity contribution in [2.75, 3.05) is 7.11 Å². The van der Waals surface area contributed by atoms with E-state index in [2.05, 4.69) is 11.8 Å². The Balaban J connectivity index is 1.64. The topological polar surface area (TPSA) is 52.4 Å². The largest absolute Gasteiger partial charge is 0.497 e. The Hall–Kier alpha value is -4.57. The second-order valence-electron chi connectivity index (χ2n) is 7.29. The van der Waals surface area contributed by atoms with Crippen LogP contribution in [-0.4, -0.2) is 12.0 Å². The minimum atomic E-state index is -1.03. The predicted octanol–water partition coefficient (Wildman–Crippen LogP) is 6.75. The molecule has 0 aliphatic heterocycles. The molecule has 0 saturated carbocycles. The van der Waals surface area contributed by atoms with Crippen molar-refractivity contribution in [2.45, 2.75) is 0 Å². The first-order valence-electron chi connectivity index (χ1n) is 10.1. The first-order chi connectivity index (χ1) is 16.4. The molecule has 4 nitrogen and oxygen atoms in total. The fourth-order valence-corrected chi connectivity index (χ4v) is 3.39. The summed E-state index contributed by atoms with van der Waals surface area (Å²) < 4.78 is 46.3. The van der Waals surface area contributed by atoms with Crippen molar-refractivity contribution in [3.8, 4) is 39.8 Å². The Bertz CT molecular complexity index is 1450. The van der Waals surface area contributed by atoms with Crippen molar-refractivity contribution >= 4 is 5.69 Å². The number of halogens is 3. The molecule has 0 fully saturated rings. The molecule has 0 amide bonds. The number of benzene rings is 4. The van der Waals surface area contributed by atoms with Gasteiger partial charge in [-0.2, -0.15) is 0 Å². The SMILES string of the molecule is COc1ccc(-c2ccc(C#Cc3ccc(-c4ccc(F)c(F)c4)cc3F)cc2[N+](=O)[O-])cc1. The van der Waals surface area contributed by atoms with Crippen LogP contribution in [0.1, 0.15) is 11.1 Å². The number of methoxy groups -OCH3 is 1. The van der Waals surface area contributed by atoms with E-state index in [1.54, 1.807) is 36.4 Å². The predicted molar refractivity (Wildman–Crippen MR) is 123 cm³/mol. The Labute approximate surface area is 193 Å². The van der Waals surface area contributed by atoms with Crippen LogP contribution in [0, 0.1) is 39.4 Å². The van der Waals surface area contributed by atoms with Crippen LogP contribution in [0.15, 0.2) is 78.9 Å². The molecule has 0 bridgehead atoms. The van der Waals surface area contributed by atoms with Gasteiger partial charge in [0.25, 0.3) is 5.69 Å². The van der Waals surface area contributed by atoms with E-state index < -0.39 is 22.4 Å². The maximum atomic E-state index is 14.6. The van der Waals surface area contributed by atoms with E-state index in [1.807, 2.05) is 0 Å². The van der Waals surface area contributed by atoms with Crippen LogP contribution in [0.4, 0.5) is 18.9 Å². The van der Waals surface area contributed by atoms with E-state index in [9.17, 15) is 23.3 Å². The zero-order valence-electron chi connectivity index (χ0n) is 17.8. The van der Waals surface area contributed by atoms with Gasteiger partial charge in [0.15, 0.2) is 11.6 Å². The van der Waals surface area contributed by atoms with Crippen molar-refractivity contribution in [1.82, 2.24) is 0 Å². The van der Waals surface area contributed by atoms with E-state index >= 15 is 0 Å². The van der Waals surface area contributed by atoms with Crippen molar-refractivity contribution in [1.29, 1.82) is 0 Å². The van der Waals surface area contributed by atoms with Gasteiger partial charge in [-0.15, -0.1) is 0 Å². The monoisotopic (exact) mass is 459 g/mol. The van der Waals surface area contributed by atoms with Gasteiger partial charge in [0, 0.05) is 11.6 Å². The molecule has 4 rings (SSSR count). The summed E-state index contributed by atoms with van der Waals surface area (Å²) in [5.41, 5.74) is 2.02. The van der Waals surface area contributed by atoms with Crippen LogP contribution < -0.4 is 4.74 Å². The van der Waals surface area contributed by atoms with Crippen molar-refractivity contribution in [2.24, 2.45) is 0 Å². The fourth-order valence-electron chi connectivity index (χ4n) is 3.39. The van der Waals surface area contributed by atoms with Gasteiger partial charge in [-0.05, 0) is 65.2 Å². The molecule has 0 heterocycles. The Morgan fingerprint density at radius 2 is 1.38 bits per heavy atom. The van der Waals surface area contributed by atoms with Gasteiger partial charge in [-0.25, -0.2) is 13.2 Å². The lowest BCUT2D eigenvalue weighted by molar-refractivity contribution is -0.384. The van der Waals surface area contributed by atoms with Crippen LogP contribution in [0.25, 0.3) is 22.3 Å². The van der Waals surface area contributed by atoms with Crippen LogP contribution in [0.5, 0.6) is 5.75 Å². The van der Waals surface area contributed by atoms with Gasteiger partial charge in [0.05, 0.1) is 23.2 Å². The normalized spacial score (nSPS) is 10.4. The highest BCUT2D eigenvalue weighted by Crippen LogP contribution is 2.32. The molecule has 0 N–H and O–H groups in total. The van der Waals surface area contributed by atoms with Gasteiger partial charge < -0.3 is 4.74 Å². The molecule has 0 aromatic heterocycles. The number of hydrogen-bond donors (Lipinski definition) is 0. The minimum absolute atomic E-state index is 0.0632. The molecule has 34 heavy (non-hydrogen) atoms. The summed E-state index contributed by atoms with van der Waals surface area (Å²) in [4.78, 5) is 11.1. The maximum Gasteiger partial charge on any atom is 0.278 e. The maximum absolute atomic E-state index is 14.6. The van der Waals surface area contributed by atoms with Crippen molar-refractivity contribution in [3.63, 3.8) is 0 Å². The van der Waals surface area contributed by atoms with Crippen molar-refractivity contribution in [3.05, 3.63) is 118 Å². The lowest BCUT2D eigenvalue weighted by Crippen LogP contribution is -1.93. The van der Waals surface area contributed by atoms with E-state index in [0.717, 1.165) is 12.1 Å². The average Bonchev–Trinajstić information content (AvgIpc) is 2.85. The molecule has 0 atom stereocenters. The second-order valence-corrected chi connectivity index (χ2v) is 7.29. The van der Waals surface area contributed by atoms with E-state index in [1.165, 1.54) is 37.4 Å². The zero-order chi connectivity index (χ0) is 24.2. The summed E-state index contributed by atoms with van der Waals surface area (Å²) in [6.45, 7) is 0. The third-order valence-electron chi connectivity index (χ3n) is 5.16. The van der Waals surface area contributed by atoms with E-state index in [-0.39, 0.29) is 11.3 Å². The highest BCUT2D eigenvalue weighted by Gasteiger charge is 2.16. The zero-order valence-corrected chi connectivity index (χ0v) is 17.8. The van der Waals surface area contributed by atoms with E-state index in [0.29, 0.717) is 33.6 Å². The first kappa shape index (κ1) is 22.6. The molecule has 0 radical (unpaired) electrons. The average molecular weight is 459 g/mol. The molecule has 0 unspecified atom stereocenters. The number of nitrogens with zero attached hydrogens (tertiary/aromatic N) is 1. The van der Waals surface area contributed by atoms with Crippen LogP contribution in [0.2, 0.25) is 0 Å². The highest BCUT2D eigenvalue weighted by atomic mass is 19.2. The lowest BCUT2D eigenvalue weighted by Gasteiger charge is -2.06. The summed E-state index contributed by atoms with van der Waals surface area (Å²) >= 11 is 0. The summed E-state index contributed by atoms with van der Waals surface area (Å²) in [7, 11) is 1.53. The third kappa shape index (κ3) is 4.76. The number of nitro groups is 1. The summed E-state index contributed by atoms with van der Waals surface area (Å²) in [6, 6.07) is 18.8. The quantitative estimate of drug-likeness (QED) is 0.193. The van der Waals surface area contributed by atoms with Gasteiger partial charge >= 0.3 is 0 Å². The molecule has 0 aliphatic carbocycles. The summed E-state index contributed by atoms with van der Waals surface area (Å²) in [6.07, 6.45) is 0. The molecule has 0 spiro atoms. The Morgan fingerprint density at radius 1 is 0.735 bits per heavy atom. The number of rotatable bonds is 4. The number of ether oxygens (including phenoxy) is 1. The molecular formula is C27H16F3NO3. The van der Waals surface area contributed by atoms with Gasteiger partial charge in [-0.3, -0.25) is 10.1 Å². The van der Waals surface area contributed by atoms with Crippen LogP contribution >= 0.6 is 0 Å².